The highest BCUT2D eigenvalue weighted by Gasteiger charge is 2.06. The number of carboxylic acid groups (broad SMARTS) is 1. The summed E-state index contributed by atoms with van der Waals surface area (Å²) in [7, 11) is 1.61. The third-order valence-electron chi connectivity index (χ3n) is 3.23. The fraction of sp³-hybridized carbons (Fsp3) is 0.211. The second kappa shape index (κ2) is 8.70. The van der Waals surface area contributed by atoms with Crippen molar-refractivity contribution in [1.82, 2.24) is 0 Å². The van der Waals surface area contributed by atoms with Crippen LogP contribution in [0, 0.1) is 17.7 Å². The molecule has 0 aliphatic rings. The molecule has 124 valence electrons. The van der Waals surface area contributed by atoms with Gasteiger partial charge in [0.25, 0.3) is 0 Å². The fourth-order valence-corrected chi connectivity index (χ4v) is 2.01. The molecule has 0 fully saturated rings. The van der Waals surface area contributed by atoms with Gasteiger partial charge in [-0.25, -0.2) is 4.39 Å². The molecule has 0 aliphatic heterocycles. The molecule has 0 saturated carbocycles. The normalized spacial score (nSPS) is 9.92. The van der Waals surface area contributed by atoms with E-state index in [2.05, 4.69) is 11.8 Å². The first-order valence-corrected chi connectivity index (χ1v) is 7.28. The van der Waals surface area contributed by atoms with Gasteiger partial charge in [-0.3, -0.25) is 4.79 Å². The Bertz CT molecular complexity index is 757. The largest absolute Gasteiger partial charge is 0.497 e. The Morgan fingerprint density at radius 3 is 2.58 bits per heavy atom. The van der Waals surface area contributed by atoms with Gasteiger partial charge < -0.3 is 14.6 Å². The number of carboxylic acids is 1. The summed E-state index contributed by atoms with van der Waals surface area (Å²) in [5.74, 6) is 4.74. The van der Waals surface area contributed by atoms with Crippen LogP contribution in [0.15, 0.2) is 42.5 Å². The maximum absolute atomic E-state index is 13.7. The number of benzene rings is 2. The molecule has 0 unspecified atom stereocenters. The van der Waals surface area contributed by atoms with Crippen molar-refractivity contribution in [2.24, 2.45) is 0 Å². The Morgan fingerprint density at radius 1 is 1.21 bits per heavy atom. The minimum Gasteiger partial charge on any atom is -0.497 e. The summed E-state index contributed by atoms with van der Waals surface area (Å²) in [6.45, 7) is 0.634. The lowest BCUT2D eigenvalue weighted by Crippen LogP contribution is -2.02. The molecule has 0 aromatic heterocycles. The smallest absolute Gasteiger partial charge is 0.307 e. The highest BCUT2D eigenvalue weighted by molar-refractivity contribution is 5.70. The lowest BCUT2D eigenvalue weighted by Gasteiger charge is -2.03. The van der Waals surface area contributed by atoms with E-state index in [1.807, 2.05) is 24.3 Å². The summed E-state index contributed by atoms with van der Waals surface area (Å²) in [5, 5.41) is 8.67. The van der Waals surface area contributed by atoms with Gasteiger partial charge in [0.2, 0.25) is 0 Å². The molecule has 0 aliphatic carbocycles. The second-order valence-corrected chi connectivity index (χ2v) is 5.02. The molecule has 0 heterocycles. The van der Waals surface area contributed by atoms with Gasteiger partial charge in [0.15, 0.2) is 0 Å². The van der Waals surface area contributed by atoms with Crippen LogP contribution in [-0.2, 0) is 22.6 Å². The van der Waals surface area contributed by atoms with Crippen LogP contribution in [0.2, 0.25) is 0 Å². The zero-order valence-corrected chi connectivity index (χ0v) is 13.2. The van der Waals surface area contributed by atoms with E-state index in [1.165, 1.54) is 12.1 Å². The van der Waals surface area contributed by atoms with Gasteiger partial charge in [0.05, 0.1) is 20.1 Å². The summed E-state index contributed by atoms with van der Waals surface area (Å²) < 4.78 is 24.2. The number of ether oxygens (including phenoxy) is 2. The Kier molecular flexibility index (Phi) is 6.35. The van der Waals surface area contributed by atoms with Crippen molar-refractivity contribution in [3.05, 3.63) is 65.0 Å². The molecule has 0 bridgehead atoms. The van der Waals surface area contributed by atoms with Crippen LogP contribution in [0.1, 0.15) is 16.7 Å². The van der Waals surface area contributed by atoms with Crippen LogP contribution in [0.3, 0.4) is 0 Å². The van der Waals surface area contributed by atoms with E-state index < -0.39 is 11.8 Å². The molecule has 5 heteroatoms. The Labute approximate surface area is 139 Å². The fourth-order valence-electron chi connectivity index (χ4n) is 2.01. The zero-order valence-electron chi connectivity index (χ0n) is 13.2. The molecule has 2 aromatic rings. The van der Waals surface area contributed by atoms with Crippen molar-refractivity contribution in [3.63, 3.8) is 0 Å². The van der Waals surface area contributed by atoms with Gasteiger partial charge in [-0.2, -0.15) is 0 Å². The summed E-state index contributed by atoms with van der Waals surface area (Å²) in [5.41, 5.74) is 1.63. The molecule has 24 heavy (non-hydrogen) atoms. The number of aliphatic carboxylic acids is 1. The number of methoxy groups -OCH3 is 1. The number of carbonyl (C=O) groups is 1. The predicted molar refractivity (Wildman–Crippen MR) is 87.3 cm³/mol. The summed E-state index contributed by atoms with van der Waals surface area (Å²) >= 11 is 0. The molecule has 2 aromatic carbocycles. The maximum Gasteiger partial charge on any atom is 0.307 e. The van der Waals surface area contributed by atoms with Crippen molar-refractivity contribution < 1.29 is 23.8 Å². The van der Waals surface area contributed by atoms with Crippen molar-refractivity contribution in [2.75, 3.05) is 13.7 Å². The number of rotatable bonds is 6. The van der Waals surface area contributed by atoms with E-state index in [0.29, 0.717) is 12.2 Å². The van der Waals surface area contributed by atoms with Gasteiger partial charge in [0, 0.05) is 5.56 Å². The average Bonchev–Trinajstić information content (AvgIpc) is 2.57. The molecule has 0 saturated heterocycles. The number of halogens is 1. The van der Waals surface area contributed by atoms with Crippen LogP contribution in [-0.4, -0.2) is 24.8 Å². The van der Waals surface area contributed by atoms with Crippen LogP contribution in [0.5, 0.6) is 5.75 Å². The monoisotopic (exact) mass is 328 g/mol. The van der Waals surface area contributed by atoms with Crippen molar-refractivity contribution in [3.8, 4) is 17.6 Å². The average molecular weight is 328 g/mol. The van der Waals surface area contributed by atoms with Gasteiger partial charge in [-0.15, -0.1) is 0 Å². The topological polar surface area (TPSA) is 55.8 Å². The lowest BCUT2D eigenvalue weighted by atomic mass is 10.1. The summed E-state index contributed by atoms with van der Waals surface area (Å²) in [6, 6.07) is 11.8. The number of hydrogen-bond acceptors (Lipinski definition) is 3. The van der Waals surface area contributed by atoms with Gasteiger partial charge in [0.1, 0.15) is 18.2 Å². The van der Waals surface area contributed by atoms with E-state index in [0.717, 1.165) is 11.3 Å². The molecule has 1 N–H and O–H groups in total. The SMILES string of the molecule is COc1ccc(COCC#Cc2ccc(CC(=O)O)c(F)c2)cc1. The molecule has 0 amide bonds. The molecule has 4 nitrogen and oxygen atoms in total. The highest BCUT2D eigenvalue weighted by atomic mass is 19.1. The van der Waals surface area contributed by atoms with Crippen LogP contribution in [0.25, 0.3) is 0 Å². The Morgan fingerprint density at radius 2 is 1.96 bits per heavy atom. The van der Waals surface area contributed by atoms with E-state index in [1.54, 1.807) is 13.2 Å². The maximum atomic E-state index is 13.7. The molecule has 2 rings (SSSR count). The Balaban J connectivity index is 1.84. The molecule has 0 atom stereocenters. The van der Waals surface area contributed by atoms with Crippen molar-refractivity contribution in [2.45, 2.75) is 13.0 Å². The second-order valence-electron chi connectivity index (χ2n) is 5.02. The molecular formula is C19H17FO4. The van der Waals surface area contributed by atoms with Crippen LogP contribution in [0.4, 0.5) is 4.39 Å². The van der Waals surface area contributed by atoms with Gasteiger partial charge in [-0.05, 0) is 35.4 Å². The first-order chi connectivity index (χ1) is 11.6. The van der Waals surface area contributed by atoms with Gasteiger partial charge >= 0.3 is 5.97 Å². The van der Waals surface area contributed by atoms with Crippen molar-refractivity contribution in [1.29, 1.82) is 0 Å². The lowest BCUT2D eigenvalue weighted by molar-refractivity contribution is -0.136. The Hall–Kier alpha value is -2.84. The minimum absolute atomic E-state index is 0.142. The third-order valence-corrected chi connectivity index (χ3v) is 3.23. The predicted octanol–water partition coefficient (Wildman–Crippen LogP) is 3.03. The van der Waals surface area contributed by atoms with E-state index in [9.17, 15) is 9.18 Å². The molecule has 0 spiro atoms. The number of hydrogen-bond donors (Lipinski definition) is 1. The summed E-state index contributed by atoms with van der Waals surface area (Å²) in [6.07, 6.45) is -0.343. The molecular weight excluding hydrogens is 311 g/mol. The third kappa shape index (κ3) is 5.41. The summed E-state index contributed by atoms with van der Waals surface area (Å²) in [4.78, 5) is 10.6. The quantitative estimate of drug-likeness (QED) is 0.654. The van der Waals surface area contributed by atoms with Crippen LogP contribution >= 0.6 is 0 Å². The van der Waals surface area contributed by atoms with Crippen molar-refractivity contribution >= 4 is 5.97 Å². The van der Waals surface area contributed by atoms with Crippen LogP contribution < -0.4 is 4.74 Å². The van der Waals surface area contributed by atoms with E-state index >= 15 is 0 Å². The standard InChI is InChI=1S/C19H17FO4/c1-23-17-8-5-15(6-9-17)13-24-10-2-3-14-4-7-16(12-19(21)22)18(20)11-14/h4-9,11H,10,12-13H2,1H3,(H,21,22). The highest BCUT2D eigenvalue weighted by Crippen LogP contribution is 2.12. The van der Waals surface area contributed by atoms with E-state index in [4.69, 9.17) is 14.6 Å². The first-order valence-electron chi connectivity index (χ1n) is 7.28. The first kappa shape index (κ1) is 17.5. The van der Waals surface area contributed by atoms with E-state index in [-0.39, 0.29) is 18.6 Å². The minimum atomic E-state index is -1.07. The van der Waals surface area contributed by atoms with Gasteiger partial charge in [-0.1, -0.05) is 30.0 Å². The molecule has 0 radical (unpaired) electrons. The zero-order chi connectivity index (χ0) is 17.4.